The maximum Gasteiger partial charge on any atom is 0.298 e. The molecule has 0 aromatic rings. The molecule has 6 heteroatoms. The Morgan fingerprint density at radius 3 is 2.27 bits per heavy atom. The topological polar surface area (TPSA) is 39.7 Å². The third kappa shape index (κ3) is 4.49. The maximum atomic E-state index is 12.0. The van der Waals surface area contributed by atoms with Crippen LogP contribution < -0.4 is 10.9 Å². The van der Waals surface area contributed by atoms with Gasteiger partial charge in [0.05, 0.1) is 0 Å². The first-order chi connectivity index (χ1) is 5.07. The van der Waals surface area contributed by atoms with Crippen LogP contribution in [0.4, 0.5) is 8.78 Å². The first kappa shape index (κ1) is 10.1. The van der Waals surface area contributed by atoms with Crippen LogP contribution in [0.1, 0.15) is 0 Å². The van der Waals surface area contributed by atoms with E-state index in [1.807, 2.05) is 0 Å². The SMILES string of the molecule is CNN/C(=N\N(C)C)C(F)F. The number of hydrazone groups is 1. The second-order valence-electron chi connectivity index (χ2n) is 2.01. The van der Waals surface area contributed by atoms with Gasteiger partial charge in [0.15, 0.2) is 0 Å². The summed E-state index contributed by atoms with van der Waals surface area (Å²) in [5.74, 6) is -0.391. The summed E-state index contributed by atoms with van der Waals surface area (Å²) in [5.41, 5.74) is 4.59. The van der Waals surface area contributed by atoms with Crippen LogP contribution in [0, 0.1) is 0 Å². The normalized spacial score (nSPS) is 12.0. The van der Waals surface area contributed by atoms with Crippen molar-refractivity contribution in [3.8, 4) is 0 Å². The van der Waals surface area contributed by atoms with E-state index in [-0.39, 0.29) is 0 Å². The summed E-state index contributed by atoms with van der Waals surface area (Å²) in [5, 5.41) is 4.79. The van der Waals surface area contributed by atoms with Gasteiger partial charge in [-0.2, -0.15) is 5.10 Å². The zero-order valence-corrected chi connectivity index (χ0v) is 6.73. The molecule has 0 aliphatic heterocycles. The summed E-state index contributed by atoms with van der Waals surface area (Å²) < 4.78 is 24.0. The quantitative estimate of drug-likeness (QED) is 0.348. The second kappa shape index (κ2) is 4.84. The summed E-state index contributed by atoms with van der Waals surface area (Å²) in [7, 11) is 4.63. The van der Waals surface area contributed by atoms with Crippen LogP contribution in [0.5, 0.6) is 0 Å². The van der Waals surface area contributed by atoms with E-state index in [0.717, 1.165) is 0 Å². The second-order valence-corrected chi connectivity index (χ2v) is 2.01. The predicted molar refractivity (Wildman–Crippen MR) is 39.3 cm³/mol. The average molecular weight is 166 g/mol. The Labute approximate surface area is 64.2 Å². The summed E-state index contributed by atoms with van der Waals surface area (Å²) in [6, 6.07) is 0. The zero-order valence-electron chi connectivity index (χ0n) is 6.73. The Kier molecular flexibility index (Phi) is 4.44. The van der Waals surface area contributed by atoms with Gasteiger partial charge < -0.3 is 10.4 Å². The van der Waals surface area contributed by atoms with E-state index in [1.165, 1.54) is 12.1 Å². The largest absolute Gasteiger partial charge is 0.303 e. The molecule has 4 nitrogen and oxygen atoms in total. The standard InChI is InChI=1S/C5H12F2N4/c1-8-9-5(4(6)7)10-11(2)3/h4,8H,1-3H3,(H,9,10). The lowest BCUT2D eigenvalue weighted by molar-refractivity contribution is 0.214. The van der Waals surface area contributed by atoms with Gasteiger partial charge in [-0.25, -0.2) is 14.2 Å². The molecular formula is C5H12F2N4. The Hall–Kier alpha value is -0.910. The summed E-state index contributed by atoms with van der Waals surface area (Å²) in [6.45, 7) is 0. The van der Waals surface area contributed by atoms with Crippen molar-refractivity contribution < 1.29 is 8.78 Å². The first-order valence-corrected chi connectivity index (χ1v) is 3.04. The third-order valence-electron chi connectivity index (χ3n) is 0.768. The molecule has 0 saturated carbocycles. The molecule has 0 spiro atoms. The molecule has 66 valence electrons. The van der Waals surface area contributed by atoms with Gasteiger partial charge in [0.1, 0.15) is 0 Å². The number of halogens is 2. The minimum atomic E-state index is -2.59. The fraction of sp³-hybridized carbons (Fsp3) is 0.800. The van der Waals surface area contributed by atoms with Crippen molar-refractivity contribution in [2.24, 2.45) is 5.10 Å². The Bertz CT molecular complexity index is 134. The molecule has 0 rings (SSSR count). The number of hydrogen-bond donors (Lipinski definition) is 2. The highest BCUT2D eigenvalue weighted by molar-refractivity contribution is 5.84. The summed E-state index contributed by atoms with van der Waals surface area (Å²) in [6.07, 6.45) is -2.59. The Balaban J connectivity index is 4.08. The lowest BCUT2D eigenvalue weighted by Gasteiger charge is -2.10. The molecule has 2 N–H and O–H groups in total. The highest BCUT2D eigenvalue weighted by Crippen LogP contribution is 1.93. The van der Waals surface area contributed by atoms with Gasteiger partial charge >= 0.3 is 0 Å². The van der Waals surface area contributed by atoms with Crippen molar-refractivity contribution in [3.05, 3.63) is 0 Å². The highest BCUT2D eigenvalue weighted by atomic mass is 19.3. The minimum Gasteiger partial charge on any atom is -0.303 e. The molecule has 0 aromatic heterocycles. The van der Waals surface area contributed by atoms with Crippen LogP contribution in [0.15, 0.2) is 5.10 Å². The van der Waals surface area contributed by atoms with Gasteiger partial charge in [0.25, 0.3) is 6.43 Å². The van der Waals surface area contributed by atoms with E-state index in [4.69, 9.17) is 0 Å². The molecule has 0 amide bonds. The van der Waals surface area contributed by atoms with Crippen molar-refractivity contribution in [2.75, 3.05) is 21.1 Å². The third-order valence-corrected chi connectivity index (χ3v) is 0.768. The average Bonchev–Trinajstić information content (AvgIpc) is 1.86. The maximum absolute atomic E-state index is 12.0. The van der Waals surface area contributed by atoms with E-state index < -0.39 is 12.3 Å². The number of hydrogen-bond acceptors (Lipinski definition) is 3. The van der Waals surface area contributed by atoms with E-state index in [0.29, 0.717) is 0 Å². The van der Waals surface area contributed by atoms with E-state index in [9.17, 15) is 8.78 Å². The minimum absolute atomic E-state index is 0.391. The van der Waals surface area contributed by atoms with Crippen LogP contribution >= 0.6 is 0 Å². The fourth-order valence-corrected chi connectivity index (χ4v) is 0.467. The molecule has 0 fully saturated rings. The van der Waals surface area contributed by atoms with Gasteiger partial charge in [-0.15, -0.1) is 0 Å². The van der Waals surface area contributed by atoms with Crippen LogP contribution in [0.25, 0.3) is 0 Å². The predicted octanol–water partition coefficient (Wildman–Crippen LogP) is -0.149. The number of amidine groups is 1. The van der Waals surface area contributed by atoms with Crippen molar-refractivity contribution in [3.63, 3.8) is 0 Å². The lowest BCUT2D eigenvalue weighted by atomic mass is 10.6. The van der Waals surface area contributed by atoms with Crippen molar-refractivity contribution in [2.45, 2.75) is 6.43 Å². The molecule has 11 heavy (non-hydrogen) atoms. The van der Waals surface area contributed by atoms with E-state index >= 15 is 0 Å². The molecule has 0 radical (unpaired) electrons. The summed E-state index contributed by atoms with van der Waals surface area (Å²) in [4.78, 5) is 0. The fourth-order valence-electron chi connectivity index (χ4n) is 0.467. The van der Waals surface area contributed by atoms with Gasteiger partial charge in [0, 0.05) is 21.1 Å². The number of alkyl halides is 2. The highest BCUT2D eigenvalue weighted by Gasteiger charge is 2.11. The monoisotopic (exact) mass is 166 g/mol. The van der Waals surface area contributed by atoms with Crippen LogP contribution in [-0.2, 0) is 0 Å². The van der Waals surface area contributed by atoms with Gasteiger partial charge in [-0.3, -0.25) is 0 Å². The molecule has 0 heterocycles. The van der Waals surface area contributed by atoms with Gasteiger partial charge in [0.2, 0.25) is 5.84 Å². The van der Waals surface area contributed by atoms with Crippen molar-refractivity contribution in [1.29, 1.82) is 0 Å². The van der Waals surface area contributed by atoms with E-state index in [2.05, 4.69) is 16.0 Å². The molecule has 0 aliphatic carbocycles. The van der Waals surface area contributed by atoms with Gasteiger partial charge in [-0.1, -0.05) is 0 Å². The molecule has 0 aliphatic rings. The molecule has 0 saturated heterocycles. The number of hydrazine groups is 1. The van der Waals surface area contributed by atoms with Crippen LogP contribution in [-0.4, -0.2) is 38.4 Å². The zero-order chi connectivity index (χ0) is 8.85. The number of nitrogens with one attached hydrogen (secondary N) is 2. The van der Waals surface area contributed by atoms with E-state index in [1.54, 1.807) is 14.1 Å². The van der Waals surface area contributed by atoms with Crippen molar-refractivity contribution >= 4 is 5.84 Å². The smallest absolute Gasteiger partial charge is 0.298 e. The van der Waals surface area contributed by atoms with Gasteiger partial charge in [-0.05, 0) is 0 Å². The first-order valence-electron chi connectivity index (χ1n) is 3.04. The van der Waals surface area contributed by atoms with Crippen molar-refractivity contribution in [1.82, 2.24) is 15.9 Å². The molecular weight excluding hydrogens is 154 g/mol. The summed E-state index contributed by atoms with van der Waals surface area (Å²) >= 11 is 0. The van der Waals surface area contributed by atoms with Crippen LogP contribution in [0.2, 0.25) is 0 Å². The molecule has 0 bridgehead atoms. The number of rotatable bonds is 3. The molecule has 0 aromatic carbocycles. The lowest BCUT2D eigenvalue weighted by Crippen LogP contribution is -2.39. The number of nitrogens with zero attached hydrogens (tertiary/aromatic N) is 2. The Morgan fingerprint density at radius 1 is 1.45 bits per heavy atom. The van der Waals surface area contributed by atoms with Crippen LogP contribution in [0.3, 0.4) is 0 Å². The molecule has 0 atom stereocenters. The Morgan fingerprint density at radius 2 is 2.00 bits per heavy atom. The molecule has 0 unspecified atom stereocenters.